The van der Waals surface area contributed by atoms with E-state index in [9.17, 15) is 0 Å². The van der Waals surface area contributed by atoms with Crippen molar-refractivity contribution in [3.8, 4) is 22.8 Å². The summed E-state index contributed by atoms with van der Waals surface area (Å²) >= 11 is 0. The smallest absolute Gasteiger partial charge is 0.258 e. The van der Waals surface area contributed by atoms with Crippen molar-refractivity contribution < 1.29 is 4.52 Å². The standard InChI is InChI=1S/C15H12N2O/c1-11-6-5-9-13(10-11)14-16-15(18-17-14)12-7-3-2-4-8-12/h2-10H,1H3. The number of aryl methyl sites for hydroxylation is 1. The number of nitrogens with zero attached hydrogens (tertiary/aromatic N) is 2. The van der Waals surface area contributed by atoms with Crippen LogP contribution in [0.2, 0.25) is 0 Å². The minimum absolute atomic E-state index is 0.548. The minimum Gasteiger partial charge on any atom is -0.334 e. The molecule has 0 aliphatic carbocycles. The molecule has 0 fully saturated rings. The molecule has 0 aliphatic heterocycles. The van der Waals surface area contributed by atoms with Gasteiger partial charge in [0, 0.05) is 11.1 Å². The quantitative estimate of drug-likeness (QED) is 0.680. The Balaban J connectivity index is 2.00. The third-order valence-electron chi connectivity index (χ3n) is 2.72. The van der Waals surface area contributed by atoms with Crippen LogP contribution in [0.3, 0.4) is 0 Å². The largest absolute Gasteiger partial charge is 0.334 e. The Morgan fingerprint density at radius 2 is 1.67 bits per heavy atom. The lowest BCUT2D eigenvalue weighted by Gasteiger charge is -1.95. The van der Waals surface area contributed by atoms with Crippen LogP contribution in [0.25, 0.3) is 22.8 Å². The normalized spacial score (nSPS) is 10.5. The van der Waals surface area contributed by atoms with E-state index >= 15 is 0 Å². The fourth-order valence-corrected chi connectivity index (χ4v) is 1.82. The fraction of sp³-hybridized carbons (Fsp3) is 0.0667. The Morgan fingerprint density at radius 1 is 0.889 bits per heavy atom. The van der Waals surface area contributed by atoms with Gasteiger partial charge in [-0.25, -0.2) is 0 Å². The molecule has 3 aromatic rings. The van der Waals surface area contributed by atoms with E-state index in [1.165, 1.54) is 5.56 Å². The molecule has 0 spiro atoms. The van der Waals surface area contributed by atoms with E-state index in [-0.39, 0.29) is 0 Å². The van der Waals surface area contributed by atoms with Crippen LogP contribution in [-0.4, -0.2) is 10.1 Å². The molecular formula is C15H12N2O. The summed E-state index contributed by atoms with van der Waals surface area (Å²) in [5.74, 6) is 1.17. The maximum atomic E-state index is 5.28. The Bertz CT molecular complexity index is 659. The van der Waals surface area contributed by atoms with Crippen molar-refractivity contribution in [3.63, 3.8) is 0 Å². The fourth-order valence-electron chi connectivity index (χ4n) is 1.82. The van der Waals surface area contributed by atoms with E-state index in [1.54, 1.807) is 0 Å². The lowest BCUT2D eigenvalue weighted by Crippen LogP contribution is -1.82. The van der Waals surface area contributed by atoms with E-state index in [0.29, 0.717) is 11.7 Å². The van der Waals surface area contributed by atoms with Gasteiger partial charge in [-0.3, -0.25) is 0 Å². The Kier molecular flexibility index (Phi) is 2.65. The van der Waals surface area contributed by atoms with Crippen molar-refractivity contribution in [1.82, 2.24) is 10.1 Å². The molecule has 2 aromatic carbocycles. The van der Waals surface area contributed by atoms with Gasteiger partial charge in [0.2, 0.25) is 5.82 Å². The van der Waals surface area contributed by atoms with Gasteiger partial charge >= 0.3 is 0 Å². The second-order valence-electron chi connectivity index (χ2n) is 4.16. The molecule has 18 heavy (non-hydrogen) atoms. The summed E-state index contributed by atoms with van der Waals surface area (Å²) < 4.78 is 5.28. The summed E-state index contributed by atoms with van der Waals surface area (Å²) in [7, 11) is 0. The van der Waals surface area contributed by atoms with Gasteiger partial charge in [0.15, 0.2) is 0 Å². The monoisotopic (exact) mass is 236 g/mol. The van der Waals surface area contributed by atoms with E-state index in [4.69, 9.17) is 4.52 Å². The second kappa shape index (κ2) is 4.45. The molecule has 3 heteroatoms. The zero-order chi connectivity index (χ0) is 12.4. The van der Waals surface area contributed by atoms with E-state index in [1.807, 2.05) is 61.5 Å². The first-order chi connectivity index (χ1) is 8.83. The molecule has 0 unspecified atom stereocenters. The molecule has 0 saturated carbocycles. The van der Waals surface area contributed by atoms with Gasteiger partial charge in [0.1, 0.15) is 0 Å². The van der Waals surface area contributed by atoms with Crippen molar-refractivity contribution in [2.45, 2.75) is 6.92 Å². The zero-order valence-corrected chi connectivity index (χ0v) is 10.00. The number of rotatable bonds is 2. The highest BCUT2D eigenvalue weighted by Crippen LogP contribution is 2.22. The highest BCUT2D eigenvalue weighted by Gasteiger charge is 2.09. The van der Waals surface area contributed by atoms with Crippen molar-refractivity contribution >= 4 is 0 Å². The van der Waals surface area contributed by atoms with Gasteiger partial charge in [-0.15, -0.1) is 0 Å². The van der Waals surface area contributed by atoms with Crippen molar-refractivity contribution in [1.29, 1.82) is 0 Å². The van der Waals surface area contributed by atoms with Crippen LogP contribution in [0.5, 0.6) is 0 Å². The van der Waals surface area contributed by atoms with Gasteiger partial charge in [0.05, 0.1) is 0 Å². The topological polar surface area (TPSA) is 38.9 Å². The average Bonchev–Trinajstić information content (AvgIpc) is 2.89. The van der Waals surface area contributed by atoms with E-state index in [0.717, 1.165) is 11.1 Å². The van der Waals surface area contributed by atoms with Gasteiger partial charge in [-0.05, 0) is 25.1 Å². The number of benzene rings is 2. The summed E-state index contributed by atoms with van der Waals surface area (Å²) in [6.07, 6.45) is 0. The summed E-state index contributed by atoms with van der Waals surface area (Å²) in [6, 6.07) is 17.8. The van der Waals surface area contributed by atoms with Crippen LogP contribution in [-0.2, 0) is 0 Å². The van der Waals surface area contributed by atoms with Gasteiger partial charge in [0.25, 0.3) is 5.89 Å². The predicted octanol–water partition coefficient (Wildman–Crippen LogP) is 3.71. The van der Waals surface area contributed by atoms with Gasteiger partial charge < -0.3 is 4.52 Å². The van der Waals surface area contributed by atoms with E-state index in [2.05, 4.69) is 10.1 Å². The Hall–Kier alpha value is -2.42. The molecule has 0 atom stereocenters. The zero-order valence-electron chi connectivity index (χ0n) is 10.00. The SMILES string of the molecule is Cc1cccc(-c2noc(-c3ccccc3)n2)c1. The summed E-state index contributed by atoms with van der Waals surface area (Å²) in [4.78, 5) is 4.41. The van der Waals surface area contributed by atoms with Crippen LogP contribution < -0.4 is 0 Å². The molecule has 0 N–H and O–H groups in total. The molecule has 0 saturated heterocycles. The first kappa shape index (κ1) is 10.7. The van der Waals surface area contributed by atoms with Crippen LogP contribution in [0.1, 0.15) is 5.56 Å². The minimum atomic E-state index is 0.548. The highest BCUT2D eigenvalue weighted by molar-refractivity contribution is 5.60. The predicted molar refractivity (Wildman–Crippen MR) is 69.9 cm³/mol. The van der Waals surface area contributed by atoms with Crippen molar-refractivity contribution in [2.75, 3.05) is 0 Å². The van der Waals surface area contributed by atoms with E-state index < -0.39 is 0 Å². The van der Waals surface area contributed by atoms with Crippen LogP contribution in [0.4, 0.5) is 0 Å². The summed E-state index contributed by atoms with van der Waals surface area (Å²) in [5, 5.41) is 4.02. The second-order valence-corrected chi connectivity index (χ2v) is 4.16. The summed E-state index contributed by atoms with van der Waals surface area (Å²) in [5.41, 5.74) is 3.09. The van der Waals surface area contributed by atoms with Gasteiger partial charge in [-0.1, -0.05) is 47.1 Å². The van der Waals surface area contributed by atoms with Crippen LogP contribution >= 0.6 is 0 Å². The van der Waals surface area contributed by atoms with Gasteiger partial charge in [-0.2, -0.15) is 4.98 Å². The molecule has 0 bridgehead atoms. The lowest BCUT2D eigenvalue weighted by atomic mass is 10.1. The van der Waals surface area contributed by atoms with Crippen LogP contribution in [0.15, 0.2) is 59.1 Å². The molecule has 0 radical (unpaired) electrons. The summed E-state index contributed by atoms with van der Waals surface area (Å²) in [6.45, 7) is 2.04. The molecule has 3 nitrogen and oxygen atoms in total. The molecular weight excluding hydrogens is 224 g/mol. The first-order valence-corrected chi connectivity index (χ1v) is 5.79. The molecule has 0 aliphatic rings. The maximum absolute atomic E-state index is 5.28. The Labute approximate surface area is 105 Å². The third kappa shape index (κ3) is 2.02. The average molecular weight is 236 g/mol. The maximum Gasteiger partial charge on any atom is 0.258 e. The molecule has 3 rings (SSSR count). The number of aromatic nitrogens is 2. The highest BCUT2D eigenvalue weighted by atomic mass is 16.5. The number of hydrogen-bond donors (Lipinski definition) is 0. The van der Waals surface area contributed by atoms with Crippen LogP contribution in [0, 0.1) is 6.92 Å². The molecule has 0 amide bonds. The molecule has 1 heterocycles. The molecule has 1 aromatic heterocycles. The first-order valence-electron chi connectivity index (χ1n) is 5.79. The third-order valence-corrected chi connectivity index (χ3v) is 2.72. The van der Waals surface area contributed by atoms with Crippen molar-refractivity contribution in [3.05, 3.63) is 60.2 Å². The lowest BCUT2D eigenvalue weighted by molar-refractivity contribution is 0.432. The number of hydrogen-bond acceptors (Lipinski definition) is 3. The molecule has 88 valence electrons. The van der Waals surface area contributed by atoms with Crippen molar-refractivity contribution in [2.24, 2.45) is 0 Å². The Morgan fingerprint density at radius 3 is 2.44 bits per heavy atom.